The molecule has 0 atom stereocenters. The van der Waals surface area contributed by atoms with Gasteiger partial charge in [-0.05, 0) is 18.2 Å². The number of H-pyrrole nitrogens is 1. The fraction of sp³-hybridized carbons (Fsp3) is 0. The van der Waals surface area contributed by atoms with Crippen LogP contribution in [0.4, 0.5) is 10.1 Å². The number of halogens is 1. The third-order valence-corrected chi connectivity index (χ3v) is 3.75. The predicted molar refractivity (Wildman–Crippen MR) is 92.6 cm³/mol. The van der Waals surface area contributed by atoms with Crippen LogP contribution in [0.5, 0.6) is 11.8 Å². The first-order valence-corrected chi connectivity index (χ1v) is 7.68. The van der Waals surface area contributed by atoms with Crippen molar-refractivity contribution in [3.63, 3.8) is 0 Å². The number of hydrogen-bond acceptors (Lipinski definition) is 6. The number of fused-ring (bicyclic) bond motifs is 1. The van der Waals surface area contributed by atoms with E-state index >= 15 is 0 Å². The number of aromatic nitrogens is 4. The van der Waals surface area contributed by atoms with Crippen molar-refractivity contribution in [3.8, 4) is 17.4 Å². The van der Waals surface area contributed by atoms with E-state index in [1.165, 1.54) is 10.9 Å². The summed E-state index contributed by atoms with van der Waals surface area (Å²) in [7, 11) is 0. The van der Waals surface area contributed by atoms with Crippen molar-refractivity contribution >= 4 is 16.7 Å². The monoisotopic (exact) mass is 367 g/mol. The van der Waals surface area contributed by atoms with Crippen LogP contribution in [-0.2, 0) is 0 Å². The SMILES string of the molecule is O=c1[nH]c(Oc2ccc([N+](=O)[O-])cc2F)nc2c1cnn2-c1ccccc1. The van der Waals surface area contributed by atoms with Gasteiger partial charge < -0.3 is 4.74 Å². The smallest absolute Gasteiger partial charge is 0.304 e. The minimum Gasteiger partial charge on any atom is -0.422 e. The highest BCUT2D eigenvalue weighted by Crippen LogP contribution is 2.26. The third kappa shape index (κ3) is 2.99. The van der Waals surface area contributed by atoms with E-state index in [4.69, 9.17) is 4.74 Å². The Morgan fingerprint density at radius 3 is 2.67 bits per heavy atom. The topological polar surface area (TPSA) is 116 Å². The van der Waals surface area contributed by atoms with E-state index in [0.717, 1.165) is 18.2 Å². The number of nitro benzene ring substituents is 1. The Kier molecular flexibility index (Phi) is 3.84. The fourth-order valence-corrected chi connectivity index (χ4v) is 2.50. The molecule has 0 aliphatic heterocycles. The van der Waals surface area contributed by atoms with Gasteiger partial charge in [-0.2, -0.15) is 10.1 Å². The maximum atomic E-state index is 14.0. The molecule has 0 saturated carbocycles. The van der Waals surface area contributed by atoms with Crippen LogP contribution in [0.2, 0.25) is 0 Å². The van der Waals surface area contributed by atoms with Crippen molar-refractivity contribution in [1.29, 1.82) is 0 Å². The molecule has 0 aliphatic carbocycles. The van der Waals surface area contributed by atoms with Gasteiger partial charge in [0.25, 0.3) is 11.2 Å². The molecule has 2 aromatic carbocycles. The first kappa shape index (κ1) is 16.4. The van der Waals surface area contributed by atoms with Gasteiger partial charge in [0, 0.05) is 6.07 Å². The Hall–Kier alpha value is -4.08. The molecule has 1 N–H and O–H groups in total. The van der Waals surface area contributed by atoms with Gasteiger partial charge in [0.2, 0.25) is 0 Å². The predicted octanol–water partition coefficient (Wildman–Crippen LogP) is 2.95. The van der Waals surface area contributed by atoms with Crippen LogP contribution in [-0.4, -0.2) is 24.7 Å². The van der Waals surface area contributed by atoms with Crippen LogP contribution in [0.15, 0.2) is 59.5 Å². The van der Waals surface area contributed by atoms with Gasteiger partial charge in [0.1, 0.15) is 5.39 Å². The number of nitro groups is 1. The molecule has 0 aliphatic rings. The lowest BCUT2D eigenvalue weighted by Crippen LogP contribution is -2.10. The van der Waals surface area contributed by atoms with Crippen LogP contribution < -0.4 is 10.3 Å². The quantitative estimate of drug-likeness (QED) is 0.438. The minimum atomic E-state index is -0.955. The summed E-state index contributed by atoms with van der Waals surface area (Å²) in [6.45, 7) is 0. The molecule has 0 unspecified atom stereocenters. The Labute approximate surface area is 149 Å². The van der Waals surface area contributed by atoms with Crippen molar-refractivity contribution in [2.24, 2.45) is 0 Å². The number of para-hydroxylation sites is 1. The van der Waals surface area contributed by atoms with Crippen LogP contribution in [0.3, 0.4) is 0 Å². The zero-order valence-electron chi connectivity index (χ0n) is 13.5. The van der Waals surface area contributed by atoms with Gasteiger partial charge in [-0.3, -0.25) is 19.9 Å². The van der Waals surface area contributed by atoms with E-state index in [-0.39, 0.29) is 22.8 Å². The lowest BCUT2D eigenvalue weighted by atomic mass is 10.3. The second-order valence-electron chi connectivity index (χ2n) is 5.47. The summed E-state index contributed by atoms with van der Waals surface area (Å²) in [5.74, 6) is -1.27. The maximum absolute atomic E-state index is 14.0. The molecular weight excluding hydrogens is 357 g/mol. The summed E-state index contributed by atoms with van der Waals surface area (Å²) >= 11 is 0. The molecule has 9 nitrogen and oxygen atoms in total. The third-order valence-electron chi connectivity index (χ3n) is 3.75. The largest absolute Gasteiger partial charge is 0.422 e. The second kappa shape index (κ2) is 6.33. The van der Waals surface area contributed by atoms with Crippen molar-refractivity contribution in [3.05, 3.63) is 81.0 Å². The average molecular weight is 367 g/mol. The van der Waals surface area contributed by atoms with Crippen LogP contribution in [0, 0.1) is 15.9 Å². The molecule has 0 fully saturated rings. The summed E-state index contributed by atoms with van der Waals surface area (Å²) in [6, 6.07) is 11.6. The Morgan fingerprint density at radius 1 is 1.19 bits per heavy atom. The van der Waals surface area contributed by atoms with E-state index in [1.807, 2.05) is 6.07 Å². The molecule has 10 heteroatoms. The lowest BCUT2D eigenvalue weighted by Gasteiger charge is -2.06. The number of ether oxygens (including phenoxy) is 1. The molecule has 27 heavy (non-hydrogen) atoms. The zero-order valence-corrected chi connectivity index (χ0v) is 13.5. The highest BCUT2D eigenvalue weighted by Gasteiger charge is 2.16. The number of nitrogens with zero attached hydrogens (tertiary/aromatic N) is 4. The summed E-state index contributed by atoms with van der Waals surface area (Å²) in [6.07, 6.45) is 1.37. The van der Waals surface area contributed by atoms with E-state index in [0.29, 0.717) is 5.69 Å². The van der Waals surface area contributed by atoms with E-state index in [9.17, 15) is 19.3 Å². The van der Waals surface area contributed by atoms with Crippen LogP contribution in [0.25, 0.3) is 16.7 Å². The summed E-state index contributed by atoms with van der Waals surface area (Å²) in [4.78, 5) is 28.8. The van der Waals surface area contributed by atoms with Gasteiger partial charge in [-0.25, -0.2) is 9.07 Å². The van der Waals surface area contributed by atoms with Gasteiger partial charge >= 0.3 is 6.01 Å². The Morgan fingerprint density at radius 2 is 1.96 bits per heavy atom. The number of hydrogen-bond donors (Lipinski definition) is 1. The number of non-ortho nitro benzene ring substituents is 1. The van der Waals surface area contributed by atoms with Gasteiger partial charge in [0.05, 0.1) is 22.9 Å². The number of aromatic amines is 1. The molecule has 0 bridgehead atoms. The maximum Gasteiger partial charge on any atom is 0.304 e. The number of nitrogens with one attached hydrogen (secondary N) is 1. The number of rotatable bonds is 4. The summed E-state index contributed by atoms with van der Waals surface area (Å²) < 4.78 is 20.8. The fourth-order valence-electron chi connectivity index (χ4n) is 2.50. The van der Waals surface area contributed by atoms with Crippen molar-refractivity contribution < 1.29 is 14.1 Å². The Balaban J connectivity index is 1.77. The molecule has 2 heterocycles. The van der Waals surface area contributed by atoms with Crippen LogP contribution >= 0.6 is 0 Å². The van der Waals surface area contributed by atoms with E-state index in [1.54, 1.807) is 24.3 Å². The number of benzene rings is 2. The molecule has 0 saturated heterocycles. The van der Waals surface area contributed by atoms with E-state index in [2.05, 4.69) is 15.1 Å². The molecule has 4 rings (SSSR count). The Bertz CT molecular complexity index is 1220. The first-order valence-electron chi connectivity index (χ1n) is 7.68. The minimum absolute atomic E-state index is 0.224. The van der Waals surface area contributed by atoms with Gasteiger partial charge in [0.15, 0.2) is 17.2 Å². The second-order valence-corrected chi connectivity index (χ2v) is 5.47. The summed E-state index contributed by atoms with van der Waals surface area (Å²) in [5.41, 5.74) is -0.0289. The molecule has 0 amide bonds. The zero-order chi connectivity index (χ0) is 19.0. The van der Waals surface area contributed by atoms with Crippen molar-refractivity contribution in [2.75, 3.05) is 0 Å². The van der Waals surface area contributed by atoms with E-state index < -0.39 is 22.0 Å². The van der Waals surface area contributed by atoms with Gasteiger partial charge in [-0.1, -0.05) is 18.2 Å². The molecule has 2 aromatic heterocycles. The van der Waals surface area contributed by atoms with Crippen LogP contribution in [0.1, 0.15) is 0 Å². The van der Waals surface area contributed by atoms with Crippen molar-refractivity contribution in [1.82, 2.24) is 19.7 Å². The molecular formula is C17H10FN5O4. The standard InChI is InChI=1S/C17H10FN5O4/c18-13-8-11(23(25)26)6-7-14(13)27-17-20-15-12(16(24)21-17)9-19-22(15)10-4-2-1-3-5-10/h1-9H,(H,20,21,24). The highest BCUT2D eigenvalue weighted by atomic mass is 19.1. The average Bonchev–Trinajstić information content (AvgIpc) is 3.08. The van der Waals surface area contributed by atoms with Crippen molar-refractivity contribution in [2.45, 2.75) is 0 Å². The highest BCUT2D eigenvalue weighted by molar-refractivity contribution is 5.75. The molecule has 0 spiro atoms. The molecule has 0 radical (unpaired) electrons. The molecule has 134 valence electrons. The molecule has 4 aromatic rings. The first-order chi connectivity index (χ1) is 13.0. The normalized spacial score (nSPS) is 10.9. The lowest BCUT2D eigenvalue weighted by molar-refractivity contribution is -0.385. The van der Waals surface area contributed by atoms with Gasteiger partial charge in [-0.15, -0.1) is 0 Å². The summed E-state index contributed by atoms with van der Waals surface area (Å²) in [5, 5.41) is 15.1.